The Balaban J connectivity index is 2.68. The molecule has 1 atom stereocenters. The standard InChI is InChI=1S/C8H8IO2S/c9-12-8(11)7(10)6-4-2-1-3-5-6/h1-5,7,9-10H/q-1/t7-/m0/s1/i9T. The van der Waals surface area contributed by atoms with Gasteiger partial charge in [-0.3, -0.25) is 0 Å². The molecule has 0 unspecified atom stereocenters. The minimum absolute atomic E-state index is 0.325. The zero-order valence-electron chi connectivity index (χ0n) is 7.11. The second kappa shape index (κ2) is 4.84. The molecule has 0 radical (unpaired) electrons. The van der Waals surface area contributed by atoms with E-state index in [-0.39, 0.29) is 5.12 Å². The molecule has 1 rings (SSSR count). The zero-order chi connectivity index (χ0) is 9.68. The van der Waals surface area contributed by atoms with Crippen LogP contribution in [0.3, 0.4) is 0 Å². The van der Waals surface area contributed by atoms with Crippen LogP contribution in [0.1, 0.15) is 11.7 Å². The molecule has 1 N–H and O–H groups in total. The van der Waals surface area contributed by atoms with Gasteiger partial charge in [-0.25, -0.2) is 0 Å². The zero-order valence-corrected chi connectivity index (χ0v) is 9.08. The summed E-state index contributed by atoms with van der Waals surface area (Å²) >= 11 is -0.901. The quantitative estimate of drug-likeness (QED) is 0.668. The van der Waals surface area contributed by atoms with E-state index < -0.39 is 27.1 Å². The molecule has 1 aromatic carbocycles. The second-order valence-electron chi connectivity index (χ2n) is 2.21. The molecule has 0 amide bonds. The predicted octanol–water partition coefficient (Wildman–Crippen LogP) is -1.82. The molecule has 66 valence electrons. The number of carbonyl (C=O) groups is 1. The third kappa shape index (κ3) is 2.46. The fourth-order valence-electron chi connectivity index (χ4n) is 0.814. The van der Waals surface area contributed by atoms with Gasteiger partial charge in [0.1, 0.15) is 0 Å². The molecular weight excluding hydrogens is 287 g/mol. The van der Waals surface area contributed by atoms with Crippen molar-refractivity contribution < 1.29 is 30.9 Å². The fraction of sp³-hybridized carbons (Fsp3) is 0.125. The monoisotopic (exact) mass is 297 g/mol. The van der Waals surface area contributed by atoms with Crippen LogP contribution in [-0.2, 0) is 4.79 Å². The molecular formula is C8H8IO2S-. The summed E-state index contributed by atoms with van der Waals surface area (Å²) < 4.78 is 6.93. The molecule has 0 aliphatic heterocycles. The Morgan fingerprint density at radius 3 is 2.83 bits per heavy atom. The van der Waals surface area contributed by atoms with Gasteiger partial charge in [0, 0.05) is 0 Å². The Morgan fingerprint density at radius 2 is 2.25 bits per heavy atom. The maximum atomic E-state index is 11.2. The Kier molecular flexibility index (Phi) is 3.43. The summed E-state index contributed by atoms with van der Waals surface area (Å²) in [6.45, 7) is 0. The first kappa shape index (κ1) is 8.52. The second-order valence-corrected chi connectivity index (χ2v) is 4.09. The molecule has 0 aliphatic carbocycles. The van der Waals surface area contributed by atoms with Gasteiger partial charge >= 0.3 is 87.5 Å². The topological polar surface area (TPSA) is 37.3 Å². The van der Waals surface area contributed by atoms with Crippen LogP contribution in [-0.4, -0.2) is 10.8 Å². The van der Waals surface area contributed by atoms with Crippen LogP contribution < -0.4 is 21.0 Å². The van der Waals surface area contributed by atoms with Crippen LogP contribution in [0.5, 0.6) is 0 Å². The van der Waals surface area contributed by atoms with Crippen LogP contribution in [0.15, 0.2) is 30.3 Å². The Bertz CT molecular complexity index is 281. The van der Waals surface area contributed by atoms with E-state index in [0.717, 1.165) is 8.93 Å². The summed E-state index contributed by atoms with van der Waals surface area (Å²) in [4.78, 5) is 11.2. The maximum absolute atomic E-state index is 11.2. The normalized spacial score (nSPS) is 13.9. The van der Waals surface area contributed by atoms with Crippen molar-refractivity contribution in [3.8, 4) is 0 Å². The van der Waals surface area contributed by atoms with E-state index in [2.05, 4.69) is 0 Å². The van der Waals surface area contributed by atoms with Crippen molar-refractivity contribution in [2.45, 2.75) is 6.10 Å². The molecule has 0 fully saturated rings. The number of hydrogen-bond donors (Lipinski definition) is 1. The van der Waals surface area contributed by atoms with Gasteiger partial charge < -0.3 is 0 Å². The summed E-state index contributed by atoms with van der Waals surface area (Å²) in [7, 11) is 0.922. The summed E-state index contributed by atoms with van der Waals surface area (Å²) in [5, 5.41) is 9.16. The van der Waals surface area contributed by atoms with Crippen LogP contribution in [0.4, 0.5) is 0 Å². The van der Waals surface area contributed by atoms with E-state index in [9.17, 15) is 9.90 Å². The first-order chi connectivity index (χ1) is 6.25. The van der Waals surface area contributed by atoms with Crippen molar-refractivity contribution in [2.75, 3.05) is 0 Å². The van der Waals surface area contributed by atoms with Crippen LogP contribution in [0.2, 0.25) is 0 Å². The number of aliphatic hydroxyl groups excluding tert-OH is 1. The number of benzene rings is 1. The van der Waals surface area contributed by atoms with Crippen LogP contribution in [0.25, 0.3) is 0 Å². The van der Waals surface area contributed by atoms with E-state index in [4.69, 9.17) is 0.594 Å². The molecule has 4 heteroatoms. The molecule has 0 spiro atoms. The van der Waals surface area contributed by atoms with E-state index >= 15 is 0 Å². The Hall–Kier alpha value is -0.0700. The number of hydrogen-bond acceptors (Lipinski definition) is 3. The first-order valence-corrected chi connectivity index (χ1v) is 6.67. The van der Waals surface area contributed by atoms with Gasteiger partial charge in [-0.1, -0.05) is 0 Å². The molecule has 12 heavy (non-hydrogen) atoms. The summed E-state index contributed by atoms with van der Waals surface area (Å²) in [6, 6.07) is 8.76. The Labute approximate surface area is 87.4 Å². The SMILES string of the molecule is [3H][I-]SC(=O)[C@@H](O)c1ccccc1. The number of rotatable bonds is 3. The molecule has 0 heterocycles. The number of halogens is 1. The molecule has 2 nitrogen and oxygen atoms in total. The summed E-state index contributed by atoms with van der Waals surface area (Å²) in [5.74, 6) is 0. The average Bonchev–Trinajstić information content (AvgIpc) is 2.18. The minimum atomic E-state index is -1.07. The van der Waals surface area contributed by atoms with Crippen LogP contribution >= 0.6 is 8.93 Å². The van der Waals surface area contributed by atoms with Crippen LogP contribution in [0, 0.1) is 0 Å². The molecule has 0 aliphatic rings. The van der Waals surface area contributed by atoms with Crippen molar-refractivity contribution in [1.82, 2.24) is 0 Å². The van der Waals surface area contributed by atoms with Crippen molar-refractivity contribution >= 4 is 14.0 Å². The third-order valence-electron chi connectivity index (χ3n) is 1.41. The first-order valence-electron chi connectivity index (χ1n) is 3.69. The van der Waals surface area contributed by atoms with Gasteiger partial charge in [-0.2, -0.15) is 0 Å². The van der Waals surface area contributed by atoms with Gasteiger partial charge in [-0.05, 0) is 0 Å². The molecule has 0 saturated heterocycles. The van der Waals surface area contributed by atoms with Gasteiger partial charge in [0.25, 0.3) is 0 Å². The van der Waals surface area contributed by atoms with Crippen molar-refractivity contribution in [3.63, 3.8) is 0 Å². The van der Waals surface area contributed by atoms with E-state index in [0.29, 0.717) is 5.56 Å². The van der Waals surface area contributed by atoms with Gasteiger partial charge in [0.2, 0.25) is 0 Å². The average molecular weight is 297 g/mol. The number of carbonyl (C=O) groups excluding carboxylic acids is 1. The predicted molar refractivity (Wildman–Crippen MR) is 45.4 cm³/mol. The van der Waals surface area contributed by atoms with Crippen molar-refractivity contribution in [1.29, 1.82) is 0.594 Å². The molecule has 1 aromatic rings. The molecule has 0 aromatic heterocycles. The van der Waals surface area contributed by atoms with Crippen molar-refractivity contribution in [2.24, 2.45) is 0 Å². The van der Waals surface area contributed by atoms with Gasteiger partial charge in [-0.15, -0.1) is 0 Å². The van der Waals surface area contributed by atoms with E-state index in [1.165, 1.54) is 0 Å². The van der Waals surface area contributed by atoms with E-state index in [1.54, 1.807) is 24.3 Å². The van der Waals surface area contributed by atoms with Gasteiger partial charge in [0.15, 0.2) is 0 Å². The molecule has 0 saturated carbocycles. The summed E-state index contributed by atoms with van der Waals surface area (Å²) in [5.41, 5.74) is 0.595. The fourth-order valence-corrected chi connectivity index (χ4v) is 1.76. The summed E-state index contributed by atoms with van der Waals surface area (Å²) in [6.07, 6.45) is -1.07. The third-order valence-corrected chi connectivity index (χ3v) is 3.09. The Morgan fingerprint density at radius 1 is 1.58 bits per heavy atom. The number of aliphatic hydroxyl groups is 1. The molecule has 0 bridgehead atoms. The van der Waals surface area contributed by atoms with Gasteiger partial charge in [0.05, 0.1) is 0 Å². The van der Waals surface area contributed by atoms with Crippen molar-refractivity contribution in [3.05, 3.63) is 35.9 Å². The van der Waals surface area contributed by atoms with E-state index in [1.807, 2.05) is 6.07 Å².